The summed E-state index contributed by atoms with van der Waals surface area (Å²) in [6, 6.07) is 1.68. The first-order valence-corrected chi connectivity index (χ1v) is 9.30. The maximum atomic E-state index is 12.1. The van der Waals surface area contributed by atoms with E-state index in [-0.39, 0.29) is 28.6 Å². The van der Waals surface area contributed by atoms with Crippen LogP contribution >= 0.6 is 46.3 Å². The normalized spacial score (nSPS) is 12.2. The fourth-order valence-corrected chi connectivity index (χ4v) is 3.70. The number of aromatic nitrogens is 3. The van der Waals surface area contributed by atoms with Gasteiger partial charge in [0.2, 0.25) is 5.91 Å². The molecule has 0 saturated carbocycles. The third kappa shape index (κ3) is 4.94. The third-order valence-electron chi connectivity index (χ3n) is 2.95. The number of thioether (sulfide) groups is 1. The van der Waals surface area contributed by atoms with Crippen molar-refractivity contribution in [2.24, 2.45) is 0 Å². The van der Waals surface area contributed by atoms with Gasteiger partial charge in [-0.15, -0.1) is 21.5 Å². The summed E-state index contributed by atoms with van der Waals surface area (Å²) in [7, 11) is 0. The van der Waals surface area contributed by atoms with E-state index >= 15 is 0 Å². The monoisotopic (exact) mass is 392 g/mol. The molecule has 2 aromatic rings. The lowest BCUT2D eigenvalue weighted by molar-refractivity contribution is -0.119. The first kappa shape index (κ1) is 18.3. The van der Waals surface area contributed by atoms with Gasteiger partial charge in [-0.2, -0.15) is 0 Å². The molecule has 0 fully saturated rings. The Hall–Kier alpha value is -1.09. The molecule has 2 N–H and O–H groups in total. The Kier molecular flexibility index (Phi) is 6.46. The number of rotatable bonds is 6. The molecule has 0 aromatic carbocycles. The second-order valence-corrected chi connectivity index (χ2v) is 7.96. The van der Waals surface area contributed by atoms with Crippen LogP contribution in [-0.4, -0.2) is 32.9 Å². The molecule has 1 atom stereocenters. The number of halogens is 2. The largest absolute Gasteiger partial charge is 0.353 e. The zero-order valence-corrected chi connectivity index (χ0v) is 15.5. The standard InChI is InChI=1S/C13H14Cl2N4O2S2/c1-3-6(2)16-9(20)5-22-13-17-12(21)10(18-19-13)7-4-8(14)23-11(7)15/h4,6H,3,5H2,1-2H3,(H,16,20)(H,17,19,21)/t6-/m0/s1. The summed E-state index contributed by atoms with van der Waals surface area (Å²) in [6.07, 6.45) is 0.853. The molecular formula is C13H14Cl2N4O2S2. The third-order valence-corrected chi connectivity index (χ3v) is 5.30. The van der Waals surface area contributed by atoms with Crippen LogP contribution in [0.4, 0.5) is 0 Å². The van der Waals surface area contributed by atoms with Gasteiger partial charge in [0.15, 0.2) is 10.9 Å². The second kappa shape index (κ2) is 8.14. The predicted octanol–water partition coefficient (Wildman–Crippen LogP) is 3.21. The van der Waals surface area contributed by atoms with E-state index in [1.807, 2.05) is 13.8 Å². The van der Waals surface area contributed by atoms with E-state index in [2.05, 4.69) is 20.5 Å². The smallest absolute Gasteiger partial charge is 0.278 e. The van der Waals surface area contributed by atoms with Gasteiger partial charge in [-0.1, -0.05) is 41.9 Å². The Morgan fingerprint density at radius 2 is 2.22 bits per heavy atom. The van der Waals surface area contributed by atoms with Crippen molar-refractivity contribution < 1.29 is 4.79 Å². The Morgan fingerprint density at radius 3 is 2.78 bits per heavy atom. The van der Waals surface area contributed by atoms with Crippen LogP contribution in [0, 0.1) is 0 Å². The highest BCUT2D eigenvalue weighted by Crippen LogP contribution is 2.35. The van der Waals surface area contributed by atoms with Gasteiger partial charge < -0.3 is 5.32 Å². The maximum absolute atomic E-state index is 12.1. The van der Waals surface area contributed by atoms with Crippen LogP contribution in [0.5, 0.6) is 0 Å². The molecule has 0 aliphatic heterocycles. The number of aromatic amines is 1. The predicted molar refractivity (Wildman–Crippen MR) is 94.6 cm³/mol. The van der Waals surface area contributed by atoms with Gasteiger partial charge in [0.1, 0.15) is 4.34 Å². The summed E-state index contributed by atoms with van der Waals surface area (Å²) in [6.45, 7) is 3.91. The minimum absolute atomic E-state index is 0.103. The van der Waals surface area contributed by atoms with Crippen molar-refractivity contribution in [1.82, 2.24) is 20.5 Å². The summed E-state index contributed by atoms with van der Waals surface area (Å²) >= 11 is 14.1. The second-order valence-electron chi connectivity index (χ2n) is 4.71. The van der Waals surface area contributed by atoms with Crippen LogP contribution in [0.1, 0.15) is 20.3 Å². The molecule has 0 bridgehead atoms. The maximum Gasteiger partial charge on any atom is 0.278 e. The van der Waals surface area contributed by atoms with Crippen molar-refractivity contribution in [3.8, 4) is 11.3 Å². The van der Waals surface area contributed by atoms with E-state index < -0.39 is 5.56 Å². The molecule has 0 aliphatic carbocycles. The van der Waals surface area contributed by atoms with Crippen molar-refractivity contribution in [3.63, 3.8) is 0 Å². The van der Waals surface area contributed by atoms with Crippen LogP contribution < -0.4 is 10.9 Å². The summed E-state index contributed by atoms with van der Waals surface area (Å²) in [5.41, 5.74) is 0.120. The summed E-state index contributed by atoms with van der Waals surface area (Å²) in [5, 5.41) is 10.9. The first-order valence-electron chi connectivity index (χ1n) is 6.75. The van der Waals surface area contributed by atoms with E-state index in [9.17, 15) is 9.59 Å². The number of carbonyl (C=O) groups excluding carboxylic acids is 1. The molecule has 6 nitrogen and oxygen atoms in total. The summed E-state index contributed by atoms with van der Waals surface area (Å²) in [4.78, 5) is 26.4. The van der Waals surface area contributed by atoms with Crippen molar-refractivity contribution in [3.05, 3.63) is 25.1 Å². The molecule has 0 spiro atoms. The van der Waals surface area contributed by atoms with Crippen LogP contribution in [0.3, 0.4) is 0 Å². The van der Waals surface area contributed by atoms with E-state index in [1.165, 1.54) is 0 Å². The summed E-state index contributed by atoms with van der Waals surface area (Å²) in [5.74, 6) is 0.0306. The minimum atomic E-state index is -0.429. The number of amides is 1. The van der Waals surface area contributed by atoms with E-state index in [0.29, 0.717) is 14.2 Å². The lowest BCUT2D eigenvalue weighted by atomic mass is 10.2. The minimum Gasteiger partial charge on any atom is -0.353 e. The van der Waals surface area contributed by atoms with Gasteiger partial charge in [-0.05, 0) is 19.4 Å². The zero-order chi connectivity index (χ0) is 17.0. The number of H-pyrrole nitrogens is 1. The Bertz CT molecular complexity index is 763. The Labute approximate surface area is 151 Å². The topological polar surface area (TPSA) is 87.7 Å². The lowest BCUT2D eigenvalue weighted by Gasteiger charge is -2.10. The van der Waals surface area contributed by atoms with Crippen molar-refractivity contribution in [2.45, 2.75) is 31.5 Å². The highest BCUT2D eigenvalue weighted by molar-refractivity contribution is 7.99. The molecule has 0 aliphatic rings. The van der Waals surface area contributed by atoms with Gasteiger partial charge in [0.05, 0.1) is 10.1 Å². The summed E-state index contributed by atoms with van der Waals surface area (Å²) < 4.78 is 0.842. The van der Waals surface area contributed by atoms with Gasteiger partial charge >= 0.3 is 0 Å². The molecule has 0 saturated heterocycles. The highest BCUT2D eigenvalue weighted by Gasteiger charge is 2.15. The quantitative estimate of drug-likeness (QED) is 0.736. The van der Waals surface area contributed by atoms with Crippen LogP contribution in [0.2, 0.25) is 8.67 Å². The fourth-order valence-electron chi connectivity index (χ4n) is 1.62. The molecule has 23 heavy (non-hydrogen) atoms. The number of hydrogen-bond acceptors (Lipinski definition) is 6. The van der Waals surface area contributed by atoms with Crippen LogP contribution in [0.25, 0.3) is 11.3 Å². The number of nitrogens with one attached hydrogen (secondary N) is 2. The van der Waals surface area contributed by atoms with Crippen molar-refractivity contribution >= 4 is 52.2 Å². The number of nitrogens with zero attached hydrogens (tertiary/aromatic N) is 2. The van der Waals surface area contributed by atoms with Crippen molar-refractivity contribution in [2.75, 3.05) is 5.75 Å². The average Bonchev–Trinajstić information content (AvgIpc) is 2.83. The first-order chi connectivity index (χ1) is 10.9. The van der Waals surface area contributed by atoms with Gasteiger partial charge in [0, 0.05) is 11.6 Å². The van der Waals surface area contributed by atoms with Gasteiger partial charge in [-0.25, -0.2) is 0 Å². The number of hydrogen-bond donors (Lipinski definition) is 2. The molecule has 10 heteroatoms. The molecule has 2 rings (SSSR count). The van der Waals surface area contributed by atoms with Crippen LogP contribution in [-0.2, 0) is 4.79 Å². The molecule has 1 amide bonds. The molecule has 0 unspecified atom stereocenters. The van der Waals surface area contributed by atoms with E-state index in [0.717, 1.165) is 29.5 Å². The lowest BCUT2D eigenvalue weighted by Crippen LogP contribution is -2.33. The molecule has 124 valence electrons. The van der Waals surface area contributed by atoms with E-state index in [1.54, 1.807) is 6.07 Å². The number of carbonyl (C=O) groups is 1. The molecular weight excluding hydrogens is 379 g/mol. The van der Waals surface area contributed by atoms with Crippen molar-refractivity contribution in [1.29, 1.82) is 0 Å². The molecule has 0 radical (unpaired) electrons. The zero-order valence-electron chi connectivity index (χ0n) is 12.4. The molecule has 2 heterocycles. The number of thiophene rings is 1. The fraction of sp³-hybridized carbons (Fsp3) is 0.385. The van der Waals surface area contributed by atoms with Gasteiger partial charge in [0.25, 0.3) is 5.56 Å². The van der Waals surface area contributed by atoms with Gasteiger partial charge in [-0.3, -0.25) is 14.6 Å². The van der Waals surface area contributed by atoms with Crippen LogP contribution in [0.15, 0.2) is 16.0 Å². The highest BCUT2D eigenvalue weighted by atomic mass is 35.5. The Morgan fingerprint density at radius 1 is 1.48 bits per heavy atom. The Balaban J connectivity index is 2.07. The molecule has 2 aromatic heterocycles. The SMILES string of the molecule is CC[C@H](C)NC(=O)CSc1nnc(-c2cc(Cl)sc2Cl)c(=O)[nH]1. The van der Waals surface area contributed by atoms with E-state index in [4.69, 9.17) is 23.2 Å². The average molecular weight is 393 g/mol.